The molecule has 0 heterocycles. The summed E-state index contributed by atoms with van der Waals surface area (Å²) in [5, 5.41) is 19.8. The zero-order chi connectivity index (χ0) is 12.3. The third-order valence-corrected chi connectivity index (χ3v) is 2.17. The van der Waals surface area contributed by atoms with Gasteiger partial charge < -0.3 is 9.84 Å². The highest BCUT2D eigenvalue weighted by atomic mass is 16.6. The van der Waals surface area contributed by atoms with Crippen LogP contribution in [0.15, 0.2) is 12.1 Å². The van der Waals surface area contributed by atoms with E-state index in [0.29, 0.717) is 16.9 Å². The Morgan fingerprint density at radius 2 is 2.06 bits per heavy atom. The van der Waals surface area contributed by atoms with Crippen LogP contribution >= 0.6 is 0 Å². The van der Waals surface area contributed by atoms with Crippen molar-refractivity contribution in [3.8, 4) is 5.75 Å². The van der Waals surface area contributed by atoms with Crippen molar-refractivity contribution in [3.05, 3.63) is 33.4 Å². The molecular formula is C11H15NO4. The minimum atomic E-state index is -0.560. The zero-order valence-electron chi connectivity index (χ0n) is 9.56. The summed E-state index contributed by atoms with van der Waals surface area (Å²) >= 11 is 0. The normalized spacial score (nSPS) is 12.2. The monoisotopic (exact) mass is 225 g/mol. The second-order valence-electron chi connectivity index (χ2n) is 3.82. The van der Waals surface area contributed by atoms with E-state index in [1.165, 1.54) is 6.07 Å². The molecule has 0 saturated carbocycles. The van der Waals surface area contributed by atoms with Gasteiger partial charge in [0, 0.05) is 11.6 Å². The van der Waals surface area contributed by atoms with E-state index in [-0.39, 0.29) is 12.3 Å². The molecule has 1 aromatic rings. The summed E-state index contributed by atoms with van der Waals surface area (Å²) in [7, 11) is 0. The smallest absolute Gasteiger partial charge is 0.272 e. The van der Waals surface area contributed by atoms with Crippen molar-refractivity contribution in [1.82, 2.24) is 0 Å². The molecule has 5 nitrogen and oxygen atoms in total. The number of rotatable bonds is 4. The van der Waals surface area contributed by atoms with Crippen molar-refractivity contribution >= 4 is 5.69 Å². The van der Waals surface area contributed by atoms with Crippen LogP contribution in [0.4, 0.5) is 5.69 Å². The van der Waals surface area contributed by atoms with E-state index in [4.69, 9.17) is 9.84 Å². The molecule has 1 rings (SSSR count). The van der Waals surface area contributed by atoms with Gasteiger partial charge in [-0.1, -0.05) is 0 Å². The standard InChI is InChI=1S/C11H15NO4/c1-7-5-11(16-6-9(3)13)8(2)4-10(7)12(14)15/h4-5,9,13H,6H2,1-3H3/t9-/m0/s1. The van der Waals surface area contributed by atoms with Gasteiger partial charge in [-0.3, -0.25) is 10.1 Å². The summed E-state index contributed by atoms with van der Waals surface area (Å²) in [5.41, 5.74) is 1.33. The minimum absolute atomic E-state index is 0.0851. The molecule has 5 heteroatoms. The van der Waals surface area contributed by atoms with Crippen LogP contribution in [0.5, 0.6) is 5.75 Å². The Morgan fingerprint density at radius 3 is 2.56 bits per heavy atom. The van der Waals surface area contributed by atoms with Gasteiger partial charge in [0.05, 0.1) is 11.0 Å². The number of aliphatic hydroxyl groups excluding tert-OH is 1. The van der Waals surface area contributed by atoms with Gasteiger partial charge in [0.25, 0.3) is 5.69 Å². The maximum absolute atomic E-state index is 10.7. The van der Waals surface area contributed by atoms with Crippen LogP contribution < -0.4 is 4.74 Å². The second kappa shape index (κ2) is 4.94. The first-order valence-electron chi connectivity index (χ1n) is 4.98. The number of nitro groups is 1. The van der Waals surface area contributed by atoms with Crippen molar-refractivity contribution < 1.29 is 14.8 Å². The maximum Gasteiger partial charge on any atom is 0.272 e. The number of hydrogen-bond acceptors (Lipinski definition) is 4. The fourth-order valence-corrected chi connectivity index (χ4v) is 1.34. The van der Waals surface area contributed by atoms with Gasteiger partial charge >= 0.3 is 0 Å². The summed E-state index contributed by atoms with van der Waals surface area (Å²) in [6, 6.07) is 3.10. The Hall–Kier alpha value is -1.62. The van der Waals surface area contributed by atoms with Crippen molar-refractivity contribution in [3.63, 3.8) is 0 Å². The molecule has 16 heavy (non-hydrogen) atoms. The quantitative estimate of drug-likeness (QED) is 0.628. The van der Waals surface area contributed by atoms with Crippen molar-refractivity contribution in [1.29, 1.82) is 0 Å². The van der Waals surface area contributed by atoms with Gasteiger partial charge in [-0.25, -0.2) is 0 Å². The number of ether oxygens (including phenoxy) is 1. The van der Waals surface area contributed by atoms with E-state index < -0.39 is 11.0 Å². The predicted molar refractivity (Wildman–Crippen MR) is 59.7 cm³/mol. The molecule has 0 amide bonds. The van der Waals surface area contributed by atoms with Gasteiger partial charge in [-0.05, 0) is 32.4 Å². The average Bonchev–Trinajstić information content (AvgIpc) is 2.18. The number of aryl methyl sites for hydroxylation is 2. The lowest BCUT2D eigenvalue weighted by Gasteiger charge is -2.11. The molecule has 0 unspecified atom stereocenters. The lowest BCUT2D eigenvalue weighted by Crippen LogP contribution is -2.13. The van der Waals surface area contributed by atoms with Gasteiger partial charge in [-0.15, -0.1) is 0 Å². The topological polar surface area (TPSA) is 72.6 Å². The Bertz CT molecular complexity index is 401. The number of benzene rings is 1. The fraction of sp³-hybridized carbons (Fsp3) is 0.455. The molecule has 0 radical (unpaired) electrons. The lowest BCUT2D eigenvalue weighted by atomic mass is 10.1. The molecule has 0 aliphatic rings. The SMILES string of the molecule is Cc1cc([N+](=O)[O-])c(C)cc1OC[C@H](C)O. The molecule has 0 saturated heterocycles. The van der Waals surface area contributed by atoms with Crippen LogP contribution in [0.3, 0.4) is 0 Å². The highest BCUT2D eigenvalue weighted by Gasteiger charge is 2.14. The molecule has 1 N–H and O–H groups in total. The Kier molecular flexibility index (Phi) is 3.84. The number of nitrogens with zero attached hydrogens (tertiary/aromatic N) is 1. The first kappa shape index (κ1) is 12.4. The zero-order valence-corrected chi connectivity index (χ0v) is 9.56. The van der Waals surface area contributed by atoms with Gasteiger partial charge in [0.2, 0.25) is 0 Å². The highest BCUT2D eigenvalue weighted by molar-refractivity contribution is 5.49. The Morgan fingerprint density at radius 1 is 1.44 bits per heavy atom. The van der Waals surface area contributed by atoms with Crippen molar-refractivity contribution in [2.75, 3.05) is 6.61 Å². The molecule has 0 aliphatic carbocycles. The average molecular weight is 225 g/mol. The number of hydrogen-bond donors (Lipinski definition) is 1. The highest BCUT2D eigenvalue weighted by Crippen LogP contribution is 2.27. The van der Waals surface area contributed by atoms with Crippen LogP contribution in [0, 0.1) is 24.0 Å². The Labute approximate surface area is 93.8 Å². The first-order chi connectivity index (χ1) is 7.41. The molecule has 1 aromatic carbocycles. The van der Waals surface area contributed by atoms with Crippen LogP contribution in [0.1, 0.15) is 18.1 Å². The summed E-state index contributed by atoms with van der Waals surface area (Å²) in [5.74, 6) is 0.573. The molecule has 0 aromatic heterocycles. The number of aliphatic hydroxyl groups is 1. The molecule has 0 bridgehead atoms. The fourth-order valence-electron chi connectivity index (χ4n) is 1.34. The van der Waals surface area contributed by atoms with Gasteiger partial charge in [-0.2, -0.15) is 0 Å². The lowest BCUT2D eigenvalue weighted by molar-refractivity contribution is -0.385. The molecule has 0 aliphatic heterocycles. The Balaban J connectivity index is 2.96. The van der Waals surface area contributed by atoms with Crippen LogP contribution in [-0.2, 0) is 0 Å². The maximum atomic E-state index is 10.7. The summed E-state index contributed by atoms with van der Waals surface area (Å²) < 4.78 is 5.34. The minimum Gasteiger partial charge on any atom is -0.491 e. The van der Waals surface area contributed by atoms with E-state index in [1.54, 1.807) is 26.8 Å². The summed E-state index contributed by atoms with van der Waals surface area (Å²) in [4.78, 5) is 10.3. The number of nitro benzene ring substituents is 1. The molecule has 0 fully saturated rings. The van der Waals surface area contributed by atoms with Crippen LogP contribution in [-0.4, -0.2) is 22.7 Å². The third kappa shape index (κ3) is 2.93. The molecule has 0 spiro atoms. The second-order valence-corrected chi connectivity index (χ2v) is 3.82. The van der Waals surface area contributed by atoms with Crippen LogP contribution in [0.25, 0.3) is 0 Å². The molecular weight excluding hydrogens is 210 g/mol. The largest absolute Gasteiger partial charge is 0.491 e. The summed E-state index contributed by atoms with van der Waals surface area (Å²) in [6.45, 7) is 5.20. The molecule has 1 atom stereocenters. The third-order valence-electron chi connectivity index (χ3n) is 2.17. The van der Waals surface area contributed by atoms with Gasteiger partial charge in [0.1, 0.15) is 12.4 Å². The first-order valence-corrected chi connectivity index (χ1v) is 4.98. The van der Waals surface area contributed by atoms with E-state index in [2.05, 4.69) is 0 Å². The van der Waals surface area contributed by atoms with Crippen LogP contribution in [0.2, 0.25) is 0 Å². The van der Waals surface area contributed by atoms with Gasteiger partial charge in [0.15, 0.2) is 0 Å². The van der Waals surface area contributed by atoms with E-state index in [9.17, 15) is 10.1 Å². The predicted octanol–water partition coefficient (Wildman–Crippen LogP) is 1.97. The molecule has 88 valence electrons. The van der Waals surface area contributed by atoms with E-state index in [0.717, 1.165) is 0 Å². The van der Waals surface area contributed by atoms with Crippen molar-refractivity contribution in [2.24, 2.45) is 0 Å². The van der Waals surface area contributed by atoms with E-state index in [1.807, 2.05) is 0 Å². The van der Waals surface area contributed by atoms with Crippen molar-refractivity contribution in [2.45, 2.75) is 26.9 Å². The summed E-state index contributed by atoms with van der Waals surface area (Å²) in [6.07, 6.45) is -0.560. The van der Waals surface area contributed by atoms with E-state index >= 15 is 0 Å².